The maximum absolute atomic E-state index is 12.5. The van der Waals surface area contributed by atoms with Crippen molar-refractivity contribution in [1.82, 2.24) is 14.8 Å². The molecule has 29 heavy (non-hydrogen) atoms. The number of nitrogens with zero attached hydrogens (tertiary/aromatic N) is 3. The molecule has 1 aromatic carbocycles. The van der Waals surface area contributed by atoms with E-state index in [9.17, 15) is 9.59 Å². The minimum Gasteiger partial charge on any atom is -0.497 e. The minimum atomic E-state index is 0.157. The minimum absolute atomic E-state index is 0.157. The van der Waals surface area contributed by atoms with Gasteiger partial charge in [0.15, 0.2) is 0 Å². The van der Waals surface area contributed by atoms with E-state index in [1.54, 1.807) is 13.3 Å². The third kappa shape index (κ3) is 6.31. The van der Waals surface area contributed by atoms with E-state index >= 15 is 0 Å². The van der Waals surface area contributed by atoms with Crippen LogP contribution >= 0.6 is 0 Å². The molecule has 1 fully saturated rings. The normalized spacial score (nSPS) is 14.0. The topological polar surface area (TPSA) is 62.7 Å². The van der Waals surface area contributed by atoms with Crippen LogP contribution in [0.5, 0.6) is 5.75 Å². The van der Waals surface area contributed by atoms with Gasteiger partial charge in [-0.15, -0.1) is 0 Å². The Hall–Kier alpha value is -2.89. The summed E-state index contributed by atoms with van der Waals surface area (Å²) < 4.78 is 5.16. The monoisotopic (exact) mass is 395 g/mol. The van der Waals surface area contributed by atoms with Crippen LogP contribution in [0.1, 0.15) is 30.4 Å². The molecule has 154 valence electrons. The van der Waals surface area contributed by atoms with Gasteiger partial charge < -0.3 is 14.5 Å². The highest BCUT2D eigenvalue weighted by Gasteiger charge is 2.23. The van der Waals surface area contributed by atoms with Crippen molar-refractivity contribution in [2.24, 2.45) is 0 Å². The number of aryl methyl sites for hydroxylation is 2. The molecular formula is C23H29N3O3. The fourth-order valence-corrected chi connectivity index (χ4v) is 3.55. The first-order valence-electron chi connectivity index (χ1n) is 10.2. The average Bonchev–Trinajstić information content (AvgIpc) is 2.78. The second kappa shape index (κ2) is 10.6. The fraction of sp³-hybridized carbons (Fsp3) is 0.435. The van der Waals surface area contributed by atoms with Gasteiger partial charge in [-0.05, 0) is 48.6 Å². The number of benzene rings is 1. The molecule has 3 rings (SSSR count). The number of hydrogen-bond acceptors (Lipinski definition) is 4. The Morgan fingerprint density at radius 3 is 2.14 bits per heavy atom. The molecule has 2 aromatic rings. The number of pyridine rings is 1. The second-order valence-corrected chi connectivity index (χ2v) is 7.32. The van der Waals surface area contributed by atoms with Gasteiger partial charge in [-0.3, -0.25) is 14.6 Å². The lowest BCUT2D eigenvalue weighted by Gasteiger charge is -2.35. The number of rotatable bonds is 8. The molecule has 6 heteroatoms. The van der Waals surface area contributed by atoms with Crippen molar-refractivity contribution in [1.29, 1.82) is 0 Å². The first-order chi connectivity index (χ1) is 14.2. The summed E-state index contributed by atoms with van der Waals surface area (Å²) in [7, 11) is 1.64. The van der Waals surface area contributed by atoms with Crippen molar-refractivity contribution in [2.45, 2.75) is 32.1 Å². The Bertz CT molecular complexity index is 785. The quantitative estimate of drug-likeness (QED) is 0.690. The third-order valence-electron chi connectivity index (χ3n) is 5.35. The van der Waals surface area contributed by atoms with E-state index in [0.29, 0.717) is 39.0 Å². The van der Waals surface area contributed by atoms with E-state index in [0.717, 1.165) is 36.1 Å². The Balaban J connectivity index is 1.35. The molecule has 1 aliphatic rings. The van der Waals surface area contributed by atoms with Gasteiger partial charge in [-0.1, -0.05) is 18.2 Å². The number of piperazine rings is 1. The first kappa shape index (κ1) is 20.8. The van der Waals surface area contributed by atoms with Gasteiger partial charge in [0.25, 0.3) is 0 Å². The number of amides is 2. The van der Waals surface area contributed by atoms with Crippen molar-refractivity contribution in [3.63, 3.8) is 0 Å². The Kier molecular flexibility index (Phi) is 7.61. The molecule has 6 nitrogen and oxygen atoms in total. The maximum atomic E-state index is 12.5. The van der Waals surface area contributed by atoms with E-state index in [2.05, 4.69) is 4.98 Å². The lowest BCUT2D eigenvalue weighted by atomic mass is 10.1. The molecule has 0 N–H and O–H groups in total. The second-order valence-electron chi connectivity index (χ2n) is 7.32. The number of aromatic nitrogens is 1. The molecular weight excluding hydrogens is 366 g/mol. The van der Waals surface area contributed by atoms with Gasteiger partial charge in [0.05, 0.1) is 7.11 Å². The summed E-state index contributed by atoms with van der Waals surface area (Å²) in [5.74, 6) is 1.16. The molecule has 0 spiro atoms. The number of methoxy groups -OCH3 is 1. The standard InChI is InChI=1S/C23H29N3O3/c1-29-21-10-7-19(8-11-21)9-12-23(28)26-16-14-25(15-17-26)22(27)6-2-4-20-5-3-13-24-18-20/h3,5,7-8,10-11,13,18H,2,4,6,9,12,14-17H2,1H3. The van der Waals surface area contributed by atoms with Crippen molar-refractivity contribution >= 4 is 11.8 Å². The van der Waals surface area contributed by atoms with E-state index in [-0.39, 0.29) is 11.8 Å². The molecule has 1 saturated heterocycles. The molecule has 0 atom stereocenters. The highest BCUT2D eigenvalue weighted by Crippen LogP contribution is 2.14. The van der Waals surface area contributed by atoms with Gasteiger partial charge in [0, 0.05) is 51.4 Å². The number of hydrogen-bond donors (Lipinski definition) is 0. The average molecular weight is 396 g/mol. The largest absolute Gasteiger partial charge is 0.497 e. The van der Waals surface area contributed by atoms with Gasteiger partial charge in [-0.2, -0.15) is 0 Å². The fourth-order valence-electron chi connectivity index (χ4n) is 3.55. The number of ether oxygens (including phenoxy) is 1. The molecule has 1 aliphatic heterocycles. The van der Waals surface area contributed by atoms with Crippen LogP contribution in [0.2, 0.25) is 0 Å². The summed E-state index contributed by atoms with van der Waals surface area (Å²) in [6.45, 7) is 2.49. The Morgan fingerprint density at radius 2 is 1.55 bits per heavy atom. The van der Waals surface area contributed by atoms with Crippen LogP contribution < -0.4 is 4.74 Å². The van der Waals surface area contributed by atoms with Crippen molar-refractivity contribution in [3.8, 4) is 5.75 Å². The molecule has 0 saturated carbocycles. The molecule has 2 heterocycles. The SMILES string of the molecule is COc1ccc(CCC(=O)N2CCN(C(=O)CCCc3cccnc3)CC2)cc1. The van der Waals surface area contributed by atoms with Gasteiger partial charge >= 0.3 is 0 Å². The summed E-state index contributed by atoms with van der Waals surface area (Å²) in [4.78, 5) is 32.8. The highest BCUT2D eigenvalue weighted by molar-refractivity contribution is 5.78. The van der Waals surface area contributed by atoms with Crippen molar-refractivity contribution < 1.29 is 14.3 Å². The Morgan fingerprint density at radius 1 is 0.897 bits per heavy atom. The number of carbonyl (C=O) groups excluding carboxylic acids is 2. The lowest BCUT2D eigenvalue weighted by molar-refractivity contribution is -0.139. The van der Waals surface area contributed by atoms with Crippen molar-refractivity contribution in [2.75, 3.05) is 33.3 Å². The van der Waals surface area contributed by atoms with Crippen LogP contribution in [0.3, 0.4) is 0 Å². The Labute approximate surface area is 172 Å². The van der Waals surface area contributed by atoms with E-state index < -0.39 is 0 Å². The lowest BCUT2D eigenvalue weighted by Crippen LogP contribution is -2.50. The maximum Gasteiger partial charge on any atom is 0.223 e. The van der Waals surface area contributed by atoms with Crippen LogP contribution in [0, 0.1) is 0 Å². The first-order valence-corrected chi connectivity index (χ1v) is 10.2. The zero-order valence-corrected chi connectivity index (χ0v) is 17.0. The van der Waals surface area contributed by atoms with Crippen LogP contribution in [-0.2, 0) is 22.4 Å². The molecule has 0 aliphatic carbocycles. The highest BCUT2D eigenvalue weighted by atomic mass is 16.5. The smallest absolute Gasteiger partial charge is 0.223 e. The van der Waals surface area contributed by atoms with Gasteiger partial charge in [-0.25, -0.2) is 0 Å². The summed E-state index contributed by atoms with van der Waals surface area (Å²) >= 11 is 0. The zero-order valence-electron chi connectivity index (χ0n) is 17.0. The zero-order chi connectivity index (χ0) is 20.5. The molecule has 2 amide bonds. The summed E-state index contributed by atoms with van der Waals surface area (Å²) in [6, 6.07) is 11.8. The van der Waals surface area contributed by atoms with E-state index in [1.807, 2.05) is 52.4 Å². The summed E-state index contributed by atoms with van der Waals surface area (Å²) in [5, 5.41) is 0. The predicted molar refractivity (Wildman–Crippen MR) is 112 cm³/mol. The van der Waals surface area contributed by atoms with Gasteiger partial charge in [0.1, 0.15) is 5.75 Å². The molecule has 1 aromatic heterocycles. The van der Waals surface area contributed by atoms with Gasteiger partial charge in [0.2, 0.25) is 11.8 Å². The molecule has 0 bridgehead atoms. The predicted octanol–water partition coefficient (Wildman–Crippen LogP) is 2.72. The molecule has 0 radical (unpaired) electrons. The van der Waals surface area contributed by atoms with Crippen molar-refractivity contribution in [3.05, 3.63) is 59.9 Å². The van der Waals surface area contributed by atoms with Crippen LogP contribution in [-0.4, -0.2) is 59.9 Å². The summed E-state index contributed by atoms with van der Waals surface area (Å²) in [5.41, 5.74) is 2.29. The summed E-state index contributed by atoms with van der Waals surface area (Å²) in [6.07, 6.45) is 7.05. The number of carbonyl (C=O) groups is 2. The third-order valence-corrected chi connectivity index (χ3v) is 5.35. The van der Waals surface area contributed by atoms with E-state index in [4.69, 9.17) is 4.74 Å². The van der Waals surface area contributed by atoms with E-state index in [1.165, 1.54) is 0 Å². The molecule has 0 unspecified atom stereocenters. The van der Waals surface area contributed by atoms with Crippen LogP contribution in [0.4, 0.5) is 0 Å². The van der Waals surface area contributed by atoms with Crippen LogP contribution in [0.15, 0.2) is 48.8 Å². The van der Waals surface area contributed by atoms with Crippen LogP contribution in [0.25, 0.3) is 0 Å².